The lowest BCUT2D eigenvalue weighted by Gasteiger charge is -2.12. The van der Waals surface area contributed by atoms with Crippen molar-refractivity contribution in [1.82, 2.24) is 10.3 Å². The van der Waals surface area contributed by atoms with Crippen LogP contribution in [0.5, 0.6) is 17.2 Å². The average molecular weight is 380 g/mol. The molecule has 1 amide bonds. The molecular weight excluding hydrogens is 360 g/mol. The quantitative estimate of drug-likeness (QED) is 0.671. The molecule has 26 heavy (non-hydrogen) atoms. The minimum absolute atomic E-state index is 0.0877. The van der Waals surface area contributed by atoms with Crippen LogP contribution in [0, 0.1) is 6.92 Å². The number of para-hydroxylation sites is 1. The van der Waals surface area contributed by atoms with E-state index in [1.807, 2.05) is 23.9 Å². The van der Waals surface area contributed by atoms with E-state index in [1.54, 1.807) is 12.1 Å². The summed E-state index contributed by atoms with van der Waals surface area (Å²) in [7, 11) is -1.14. The van der Waals surface area contributed by atoms with E-state index in [1.165, 1.54) is 32.4 Å². The van der Waals surface area contributed by atoms with Crippen molar-refractivity contribution in [1.29, 1.82) is 0 Å². The van der Waals surface area contributed by atoms with E-state index in [9.17, 15) is 13.2 Å². The van der Waals surface area contributed by atoms with E-state index in [0.29, 0.717) is 11.5 Å². The van der Waals surface area contributed by atoms with Crippen molar-refractivity contribution in [3.63, 3.8) is 0 Å². The molecule has 0 unspecified atom stereocenters. The molecule has 0 bridgehead atoms. The van der Waals surface area contributed by atoms with Gasteiger partial charge in [0.15, 0.2) is 18.1 Å². The van der Waals surface area contributed by atoms with Crippen LogP contribution in [-0.2, 0) is 14.8 Å². The molecule has 0 aliphatic heterocycles. The second-order valence-corrected chi connectivity index (χ2v) is 6.91. The Hall–Kier alpha value is -2.78. The van der Waals surface area contributed by atoms with Crippen LogP contribution in [0.15, 0.2) is 47.4 Å². The summed E-state index contributed by atoms with van der Waals surface area (Å²) in [4.78, 5) is 13.7. The summed E-state index contributed by atoms with van der Waals surface area (Å²) in [6, 6.07) is 11.3. The van der Waals surface area contributed by atoms with Crippen molar-refractivity contribution in [3.05, 3.63) is 48.0 Å². The molecule has 2 aromatic carbocycles. The highest BCUT2D eigenvalue weighted by molar-refractivity contribution is 7.89. The number of amides is 1. The van der Waals surface area contributed by atoms with Gasteiger partial charge in [-0.05, 0) is 30.7 Å². The zero-order valence-corrected chi connectivity index (χ0v) is 15.4. The molecule has 0 saturated carbocycles. The summed E-state index contributed by atoms with van der Waals surface area (Å²) in [6.07, 6.45) is 0. The van der Waals surface area contributed by atoms with Gasteiger partial charge in [0.05, 0.1) is 19.1 Å². The molecule has 0 spiro atoms. The predicted octanol–water partition coefficient (Wildman–Crippen LogP) is 1.40. The molecule has 2 aromatic rings. The van der Waals surface area contributed by atoms with Gasteiger partial charge in [-0.15, -0.1) is 4.83 Å². The second-order valence-electron chi connectivity index (χ2n) is 5.22. The number of hydrazine groups is 1. The molecule has 0 saturated heterocycles. The summed E-state index contributed by atoms with van der Waals surface area (Å²) >= 11 is 0. The number of aryl methyl sites for hydroxylation is 1. The molecule has 0 aromatic heterocycles. The Bertz CT molecular complexity index is 883. The molecule has 2 rings (SSSR count). The highest BCUT2D eigenvalue weighted by Gasteiger charge is 2.18. The number of benzene rings is 2. The fourth-order valence-corrected chi connectivity index (χ4v) is 2.94. The second kappa shape index (κ2) is 8.54. The molecule has 0 heterocycles. The summed E-state index contributed by atoms with van der Waals surface area (Å²) < 4.78 is 40.0. The van der Waals surface area contributed by atoms with E-state index in [-0.39, 0.29) is 17.3 Å². The van der Waals surface area contributed by atoms with Crippen molar-refractivity contribution in [2.24, 2.45) is 0 Å². The normalized spacial score (nSPS) is 10.9. The fraction of sp³-hybridized carbons (Fsp3) is 0.235. The number of sulfonamides is 1. The van der Waals surface area contributed by atoms with Gasteiger partial charge in [-0.2, -0.15) is 0 Å². The summed E-state index contributed by atoms with van der Waals surface area (Å²) in [6.45, 7) is 1.51. The van der Waals surface area contributed by atoms with Gasteiger partial charge in [0.25, 0.3) is 15.9 Å². The Labute approximate surface area is 152 Å². The van der Waals surface area contributed by atoms with Gasteiger partial charge in [-0.1, -0.05) is 18.2 Å². The van der Waals surface area contributed by atoms with Crippen LogP contribution in [0.2, 0.25) is 0 Å². The van der Waals surface area contributed by atoms with Gasteiger partial charge in [-0.3, -0.25) is 10.2 Å². The van der Waals surface area contributed by atoms with E-state index < -0.39 is 15.9 Å². The zero-order chi connectivity index (χ0) is 19.2. The van der Waals surface area contributed by atoms with Crippen LogP contribution >= 0.6 is 0 Å². The van der Waals surface area contributed by atoms with Crippen molar-refractivity contribution in [2.75, 3.05) is 20.8 Å². The molecule has 8 nitrogen and oxygen atoms in total. The van der Waals surface area contributed by atoms with Gasteiger partial charge < -0.3 is 14.2 Å². The third-order valence-corrected chi connectivity index (χ3v) is 4.69. The van der Waals surface area contributed by atoms with Crippen LogP contribution in [-0.4, -0.2) is 35.2 Å². The zero-order valence-electron chi connectivity index (χ0n) is 14.6. The predicted molar refractivity (Wildman–Crippen MR) is 94.7 cm³/mol. The summed E-state index contributed by atoms with van der Waals surface area (Å²) in [5.41, 5.74) is 2.97. The van der Waals surface area contributed by atoms with Crippen molar-refractivity contribution in [3.8, 4) is 17.2 Å². The first-order valence-electron chi connectivity index (χ1n) is 7.58. The maximum Gasteiger partial charge on any atom is 0.272 e. The Morgan fingerprint density at radius 2 is 1.69 bits per heavy atom. The van der Waals surface area contributed by atoms with E-state index in [2.05, 4.69) is 5.43 Å². The van der Waals surface area contributed by atoms with Crippen molar-refractivity contribution in [2.45, 2.75) is 11.8 Å². The third kappa shape index (κ3) is 4.87. The first-order chi connectivity index (χ1) is 12.4. The maximum absolute atomic E-state index is 12.3. The number of carbonyl (C=O) groups is 1. The Kier molecular flexibility index (Phi) is 6.42. The highest BCUT2D eigenvalue weighted by Crippen LogP contribution is 2.29. The topological polar surface area (TPSA) is 103 Å². The Morgan fingerprint density at radius 1 is 1.00 bits per heavy atom. The molecular formula is C17H20N2O6S. The lowest BCUT2D eigenvalue weighted by molar-refractivity contribution is -0.123. The molecule has 0 aliphatic rings. The van der Waals surface area contributed by atoms with Crippen LogP contribution in [0.1, 0.15) is 5.56 Å². The number of nitrogens with one attached hydrogen (secondary N) is 2. The largest absolute Gasteiger partial charge is 0.493 e. The highest BCUT2D eigenvalue weighted by atomic mass is 32.2. The molecule has 2 N–H and O–H groups in total. The van der Waals surface area contributed by atoms with Crippen LogP contribution < -0.4 is 24.5 Å². The van der Waals surface area contributed by atoms with Crippen LogP contribution in [0.4, 0.5) is 0 Å². The number of carbonyl (C=O) groups excluding carboxylic acids is 1. The van der Waals surface area contributed by atoms with Gasteiger partial charge in [0, 0.05) is 6.07 Å². The van der Waals surface area contributed by atoms with Crippen molar-refractivity contribution < 1.29 is 27.4 Å². The van der Waals surface area contributed by atoms with Crippen molar-refractivity contribution >= 4 is 15.9 Å². The average Bonchev–Trinajstić information content (AvgIpc) is 2.65. The number of rotatable bonds is 8. The first-order valence-corrected chi connectivity index (χ1v) is 9.07. The molecule has 0 radical (unpaired) electrons. The molecule has 9 heteroatoms. The third-order valence-electron chi connectivity index (χ3n) is 3.44. The van der Waals surface area contributed by atoms with Crippen LogP contribution in [0.3, 0.4) is 0 Å². The van der Waals surface area contributed by atoms with Gasteiger partial charge >= 0.3 is 0 Å². The first kappa shape index (κ1) is 19.5. The van der Waals surface area contributed by atoms with E-state index >= 15 is 0 Å². The fourth-order valence-electron chi connectivity index (χ4n) is 2.06. The van der Waals surface area contributed by atoms with Gasteiger partial charge in [-0.25, -0.2) is 8.42 Å². The molecule has 140 valence electrons. The van der Waals surface area contributed by atoms with Crippen LogP contribution in [0.25, 0.3) is 0 Å². The van der Waals surface area contributed by atoms with Gasteiger partial charge in [0.1, 0.15) is 5.75 Å². The number of hydrogen-bond acceptors (Lipinski definition) is 6. The molecule has 0 atom stereocenters. The lowest BCUT2D eigenvalue weighted by atomic mass is 10.2. The number of ether oxygens (including phenoxy) is 3. The smallest absolute Gasteiger partial charge is 0.272 e. The molecule has 0 aliphatic carbocycles. The summed E-state index contributed by atoms with van der Waals surface area (Å²) in [5, 5.41) is 0. The standard InChI is InChI=1S/C17H20N2O6S/c1-12-6-4-5-7-14(12)25-11-17(20)18-19-26(21,22)13-8-9-15(23-2)16(10-13)24-3/h4-10,19H,11H2,1-3H3,(H,18,20). The number of methoxy groups -OCH3 is 2. The SMILES string of the molecule is COc1ccc(S(=O)(=O)NNC(=O)COc2ccccc2C)cc1OC. The maximum atomic E-state index is 12.3. The minimum Gasteiger partial charge on any atom is -0.493 e. The Morgan fingerprint density at radius 3 is 2.35 bits per heavy atom. The Balaban J connectivity index is 1.97. The van der Waals surface area contributed by atoms with E-state index in [0.717, 1.165) is 5.56 Å². The summed E-state index contributed by atoms with van der Waals surface area (Å²) in [5.74, 6) is 0.550. The lowest BCUT2D eigenvalue weighted by Crippen LogP contribution is -2.43. The minimum atomic E-state index is -3.98. The van der Waals surface area contributed by atoms with E-state index in [4.69, 9.17) is 14.2 Å². The molecule has 0 fully saturated rings. The number of hydrogen-bond donors (Lipinski definition) is 2. The monoisotopic (exact) mass is 380 g/mol. The van der Waals surface area contributed by atoms with Gasteiger partial charge in [0.2, 0.25) is 0 Å².